The van der Waals surface area contributed by atoms with Gasteiger partial charge in [-0.1, -0.05) is 6.08 Å². The lowest BCUT2D eigenvalue weighted by Gasteiger charge is -2.20. The van der Waals surface area contributed by atoms with Gasteiger partial charge in [-0.15, -0.1) is 6.58 Å². The first-order chi connectivity index (χ1) is 6.85. The zero-order chi connectivity index (χ0) is 12.1. The number of carbonyl (C=O) groups is 2. The molecule has 0 amide bonds. The molecule has 4 nitrogen and oxygen atoms in total. The number of carbonyl (C=O) groups excluding carboxylic acids is 2. The summed E-state index contributed by atoms with van der Waals surface area (Å²) in [5.74, 6) is -1.02. The van der Waals surface area contributed by atoms with Crippen molar-refractivity contribution in [3.05, 3.63) is 12.7 Å². The Bertz CT molecular complexity index is 255. The van der Waals surface area contributed by atoms with Gasteiger partial charge in [0.1, 0.15) is 0 Å². The summed E-state index contributed by atoms with van der Waals surface area (Å²) in [7, 11) is 0. The third kappa shape index (κ3) is 4.14. The quantitative estimate of drug-likeness (QED) is 0.516. The zero-order valence-corrected chi connectivity index (χ0v) is 9.70. The molecule has 86 valence electrons. The van der Waals surface area contributed by atoms with E-state index in [0.717, 1.165) is 0 Å². The molecule has 0 aromatic carbocycles. The summed E-state index contributed by atoms with van der Waals surface area (Å²) in [5.41, 5.74) is -0.791. The van der Waals surface area contributed by atoms with Crippen LogP contribution >= 0.6 is 0 Å². The van der Waals surface area contributed by atoms with Crippen molar-refractivity contribution in [2.24, 2.45) is 5.41 Å². The average Bonchev–Trinajstić information content (AvgIpc) is 2.17. The minimum Gasteiger partial charge on any atom is -0.463 e. The van der Waals surface area contributed by atoms with Crippen LogP contribution < -0.4 is 0 Å². The molecule has 0 aliphatic rings. The van der Waals surface area contributed by atoms with Crippen molar-refractivity contribution in [1.29, 1.82) is 0 Å². The van der Waals surface area contributed by atoms with Gasteiger partial charge < -0.3 is 9.47 Å². The van der Waals surface area contributed by atoms with Crippen LogP contribution in [0.3, 0.4) is 0 Å². The minimum absolute atomic E-state index is 0.269. The Morgan fingerprint density at radius 1 is 1.47 bits per heavy atom. The highest BCUT2D eigenvalue weighted by atomic mass is 16.6. The Balaban J connectivity index is 4.30. The molecule has 0 saturated heterocycles. The summed E-state index contributed by atoms with van der Waals surface area (Å²) in [6, 6.07) is 0. The lowest BCUT2D eigenvalue weighted by molar-refractivity contribution is -0.170. The Morgan fingerprint density at radius 2 is 2.00 bits per heavy atom. The van der Waals surface area contributed by atoms with Crippen LogP contribution in [0.1, 0.15) is 27.7 Å². The molecule has 0 bridgehead atoms. The Morgan fingerprint density at radius 3 is 2.40 bits per heavy atom. The second kappa shape index (κ2) is 5.53. The van der Waals surface area contributed by atoms with Gasteiger partial charge in [0.25, 0.3) is 0 Å². The molecule has 0 aliphatic carbocycles. The maximum absolute atomic E-state index is 11.5. The molecule has 0 aliphatic heterocycles. The molecule has 1 atom stereocenters. The summed E-state index contributed by atoms with van der Waals surface area (Å²) in [6.45, 7) is 10.3. The third-order valence-corrected chi connectivity index (χ3v) is 1.94. The molecule has 0 N–H and O–H groups in total. The van der Waals surface area contributed by atoms with Gasteiger partial charge in [0.2, 0.25) is 0 Å². The average molecular weight is 214 g/mol. The van der Waals surface area contributed by atoms with E-state index in [1.807, 2.05) is 0 Å². The first-order valence-electron chi connectivity index (χ1n) is 4.86. The van der Waals surface area contributed by atoms with Crippen LogP contribution in [-0.4, -0.2) is 24.6 Å². The molecule has 0 fully saturated rings. The maximum Gasteiger partial charge on any atom is 0.347 e. The molecule has 0 saturated carbocycles. The molecule has 0 aromatic heterocycles. The van der Waals surface area contributed by atoms with Crippen LogP contribution in [0.15, 0.2) is 12.7 Å². The predicted octanol–water partition coefficient (Wildman–Crippen LogP) is 1.69. The molecular formula is C11H18O4. The maximum atomic E-state index is 11.5. The highest BCUT2D eigenvalue weighted by molar-refractivity contribution is 5.82. The molecule has 0 heterocycles. The van der Waals surface area contributed by atoms with E-state index in [1.165, 1.54) is 13.0 Å². The van der Waals surface area contributed by atoms with Crippen molar-refractivity contribution in [2.45, 2.75) is 33.8 Å². The minimum atomic E-state index is -0.878. The van der Waals surface area contributed by atoms with Gasteiger partial charge in [0, 0.05) is 0 Å². The van der Waals surface area contributed by atoms with Crippen molar-refractivity contribution < 1.29 is 19.1 Å². The molecule has 0 radical (unpaired) electrons. The van der Waals surface area contributed by atoms with E-state index < -0.39 is 23.5 Å². The van der Waals surface area contributed by atoms with Crippen molar-refractivity contribution in [1.82, 2.24) is 0 Å². The first kappa shape index (κ1) is 13.7. The number of hydrogen-bond acceptors (Lipinski definition) is 4. The summed E-state index contributed by atoms with van der Waals surface area (Å²) >= 11 is 0. The smallest absolute Gasteiger partial charge is 0.347 e. The van der Waals surface area contributed by atoms with E-state index in [9.17, 15) is 9.59 Å². The number of hydrogen-bond donors (Lipinski definition) is 0. The largest absolute Gasteiger partial charge is 0.463 e. The van der Waals surface area contributed by atoms with Crippen molar-refractivity contribution >= 4 is 11.9 Å². The summed E-state index contributed by atoms with van der Waals surface area (Å²) in [5, 5.41) is 0. The van der Waals surface area contributed by atoms with Crippen molar-refractivity contribution in [2.75, 3.05) is 6.61 Å². The SMILES string of the molecule is C=CC(C)(C)C(=O)O[C@@H](C)C(=O)OCC. The molecule has 0 aromatic rings. The molecule has 15 heavy (non-hydrogen) atoms. The van der Waals surface area contributed by atoms with E-state index in [-0.39, 0.29) is 6.61 Å². The van der Waals surface area contributed by atoms with E-state index in [0.29, 0.717) is 0 Å². The van der Waals surface area contributed by atoms with Gasteiger partial charge in [-0.2, -0.15) is 0 Å². The summed E-state index contributed by atoms with van der Waals surface area (Å²) in [4.78, 5) is 22.7. The topological polar surface area (TPSA) is 52.6 Å². The van der Waals surface area contributed by atoms with Crippen molar-refractivity contribution in [3.8, 4) is 0 Å². The van der Waals surface area contributed by atoms with Gasteiger partial charge in [0.15, 0.2) is 6.10 Å². The van der Waals surface area contributed by atoms with Crippen LogP contribution in [0.25, 0.3) is 0 Å². The predicted molar refractivity (Wildman–Crippen MR) is 56.2 cm³/mol. The lowest BCUT2D eigenvalue weighted by Crippen LogP contribution is -2.32. The van der Waals surface area contributed by atoms with Crippen LogP contribution in [-0.2, 0) is 19.1 Å². The Kier molecular flexibility index (Phi) is 5.05. The number of esters is 2. The fourth-order valence-corrected chi connectivity index (χ4v) is 0.703. The second-order valence-corrected chi connectivity index (χ2v) is 3.73. The van der Waals surface area contributed by atoms with Crippen LogP contribution in [0.4, 0.5) is 0 Å². The van der Waals surface area contributed by atoms with Crippen molar-refractivity contribution in [3.63, 3.8) is 0 Å². The lowest BCUT2D eigenvalue weighted by atomic mass is 9.94. The summed E-state index contributed by atoms with van der Waals surface area (Å²) in [6.07, 6.45) is 0.601. The third-order valence-electron chi connectivity index (χ3n) is 1.94. The highest BCUT2D eigenvalue weighted by Crippen LogP contribution is 2.19. The monoisotopic (exact) mass is 214 g/mol. The van der Waals surface area contributed by atoms with Crippen LogP contribution in [0.2, 0.25) is 0 Å². The fourth-order valence-electron chi connectivity index (χ4n) is 0.703. The van der Waals surface area contributed by atoms with Gasteiger partial charge >= 0.3 is 11.9 Å². The van der Waals surface area contributed by atoms with Crippen LogP contribution in [0.5, 0.6) is 0 Å². The van der Waals surface area contributed by atoms with E-state index in [4.69, 9.17) is 9.47 Å². The molecule has 0 spiro atoms. The van der Waals surface area contributed by atoms with E-state index >= 15 is 0 Å². The standard InChI is InChI=1S/C11H18O4/c1-6-11(4,5)10(13)15-8(3)9(12)14-7-2/h6,8H,1,7H2,2-5H3/t8-/m0/s1. The van der Waals surface area contributed by atoms with Gasteiger partial charge in [-0.05, 0) is 27.7 Å². The van der Waals surface area contributed by atoms with Gasteiger partial charge in [0.05, 0.1) is 12.0 Å². The van der Waals surface area contributed by atoms with Gasteiger partial charge in [-0.25, -0.2) is 4.79 Å². The Hall–Kier alpha value is -1.32. The molecule has 0 rings (SSSR count). The fraction of sp³-hybridized carbons (Fsp3) is 0.636. The molecular weight excluding hydrogens is 196 g/mol. The highest BCUT2D eigenvalue weighted by Gasteiger charge is 2.29. The first-order valence-corrected chi connectivity index (χ1v) is 4.86. The number of ether oxygens (including phenoxy) is 2. The van der Waals surface area contributed by atoms with E-state index in [1.54, 1.807) is 20.8 Å². The molecule has 0 unspecified atom stereocenters. The Labute approximate surface area is 90.2 Å². The normalized spacial score (nSPS) is 12.8. The second-order valence-electron chi connectivity index (χ2n) is 3.73. The van der Waals surface area contributed by atoms with Gasteiger partial charge in [-0.3, -0.25) is 4.79 Å². The van der Waals surface area contributed by atoms with E-state index in [2.05, 4.69) is 6.58 Å². The zero-order valence-electron chi connectivity index (χ0n) is 9.70. The van der Waals surface area contributed by atoms with Crippen LogP contribution in [0, 0.1) is 5.41 Å². The molecule has 4 heteroatoms. The summed E-state index contributed by atoms with van der Waals surface area (Å²) < 4.78 is 9.64. The number of rotatable bonds is 5.